The summed E-state index contributed by atoms with van der Waals surface area (Å²) in [5.41, 5.74) is 8.52. The van der Waals surface area contributed by atoms with Crippen molar-refractivity contribution in [3.05, 3.63) is 167 Å². The van der Waals surface area contributed by atoms with Crippen molar-refractivity contribution in [1.82, 2.24) is 0 Å². The summed E-state index contributed by atoms with van der Waals surface area (Å²) in [6, 6.07) is 45.3. The first-order chi connectivity index (χ1) is 23.7. The molecule has 0 unspecified atom stereocenters. The highest BCUT2D eigenvalue weighted by Gasteiger charge is 2.08. The molecule has 0 amide bonds. The Morgan fingerprint density at radius 1 is 0.458 bits per heavy atom. The molecule has 0 N–H and O–H groups in total. The zero-order valence-electron chi connectivity index (χ0n) is 28.1. The third-order valence-corrected chi connectivity index (χ3v) is 7.87. The average molecular weight is 633 g/mol. The van der Waals surface area contributed by atoms with Crippen LogP contribution < -0.4 is 9.47 Å². The van der Waals surface area contributed by atoms with Gasteiger partial charge < -0.3 is 9.47 Å². The quantitative estimate of drug-likeness (QED) is 0.0802. The molecule has 0 heterocycles. The summed E-state index contributed by atoms with van der Waals surface area (Å²) in [5, 5.41) is 0. The van der Waals surface area contributed by atoms with E-state index in [1.807, 2.05) is 60.7 Å². The smallest absolute Gasteiger partial charge is 0.119 e. The van der Waals surface area contributed by atoms with Gasteiger partial charge in [-0.1, -0.05) is 112 Å². The second kappa shape index (κ2) is 18.7. The molecular formula is C44H44N2O2. The van der Waals surface area contributed by atoms with Crippen LogP contribution in [-0.2, 0) is 13.2 Å². The maximum Gasteiger partial charge on any atom is 0.119 e. The summed E-state index contributed by atoms with van der Waals surface area (Å²) in [6.07, 6.45) is 4.36. The third-order valence-electron chi connectivity index (χ3n) is 7.87. The number of aliphatic imine (C=N–C) groups is 2. The predicted octanol–water partition coefficient (Wildman–Crippen LogP) is 10.6. The van der Waals surface area contributed by atoms with Crippen molar-refractivity contribution in [3.63, 3.8) is 0 Å². The first kappa shape index (κ1) is 33.9. The van der Waals surface area contributed by atoms with E-state index in [9.17, 15) is 0 Å². The zero-order valence-corrected chi connectivity index (χ0v) is 28.1. The monoisotopic (exact) mass is 632 g/mol. The Morgan fingerprint density at radius 3 is 1.17 bits per heavy atom. The van der Waals surface area contributed by atoms with Crippen LogP contribution in [0.1, 0.15) is 72.9 Å². The number of nitrogens with zero attached hydrogens (tertiary/aromatic N) is 2. The van der Waals surface area contributed by atoms with E-state index >= 15 is 0 Å². The maximum absolute atomic E-state index is 6.12. The van der Waals surface area contributed by atoms with E-state index in [2.05, 4.69) is 108 Å². The molecule has 0 aromatic heterocycles. The van der Waals surface area contributed by atoms with Gasteiger partial charge in [0.25, 0.3) is 0 Å². The summed E-state index contributed by atoms with van der Waals surface area (Å²) in [4.78, 5) is 9.10. The van der Waals surface area contributed by atoms with Crippen molar-refractivity contribution in [1.29, 1.82) is 0 Å². The number of hydrogen-bond donors (Lipinski definition) is 0. The lowest BCUT2D eigenvalue weighted by Crippen LogP contribution is -1.99. The average Bonchev–Trinajstić information content (AvgIpc) is 3.15. The highest BCUT2D eigenvalue weighted by atomic mass is 16.5. The number of hydrogen-bond acceptors (Lipinski definition) is 4. The maximum atomic E-state index is 6.12. The molecule has 0 spiro atoms. The summed E-state index contributed by atoms with van der Waals surface area (Å²) in [7, 11) is 0. The van der Waals surface area contributed by atoms with Crippen LogP contribution in [0.2, 0.25) is 0 Å². The molecule has 5 aromatic carbocycles. The Morgan fingerprint density at radius 2 is 0.812 bits per heavy atom. The van der Waals surface area contributed by atoms with Gasteiger partial charge in [0.05, 0.1) is 11.1 Å². The van der Waals surface area contributed by atoms with Crippen LogP contribution >= 0.6 is 0 Å². The first-order valence-corrected chi connectivity index (χ1v) is 17.0. The molecule has 0 aliphatic heterocycles. The molecule has 0 radical (unpaired) electrons. The number of unbranched alkanes of at least 4 members (excludes halogenated alkanes) is 2. The van der Waals surface area contributed by atoms with Gasteiger partial charge in [0, 0.05) is 13.1 Å². The van der Waals surface area contributed by atoms with E-state index in [1.54, 1.807) is 0 Å². The van der Waals surface area contributed by atoms with E-state index in [1.165, 1.54) is 0 Å². The Hall–Kier alpha value is -5.40. The highest BCUT2D eigenvalue weighted by molar-refractivity contribution is 5.99. The second-order valence-corrected chi connectivity index (χ2v) is 11.6. The van der Waals surface area contributed by atoms with Crippen LogP contribution in [0.15, 0.2) is 143 Å². The molecule has 5 aromatic rings. The fourth-order valence-corrected chi connectivity index (χ4v) is 5.05. The van der Waals surface area contributed by atoms with Gasteiger partial charge in [0.15, 0.2) is 0 Å². The van der Waals surface area contributed by atoms with Gasteiger partial charge in [0.1, 0.15) is 24.7 Å². The Kier molecular flexibility index (Phi) is 13.2. The third kappa shape index (κ3) is 10.3. The van der Waals surface area contributed by atoms with Gasteiger partial charge >= 0.3 is 0 Å². The second-order valence-electron chi connectivity index (χ2n) is 11.6. The van der Waals surface area contributed by atoms with Gasteiger partial charge in [-0.05, 0) is 106 Å². The van der Waals surface area contributed by atoms with Crippen LogP contribution in [0.25, 0.3) is 11.1 Å². The topological polar surface area (TPSA) is 43.2 Å². The summed E-state index contributed by atoms with van der Waals surface area (Å²) < 4.78 is 12.2. The molecule has 0 fully saturated rings. The minimum atomic E-state index is 0.487. The Bertz CT molecular complexity index is 1680. The van der Waals surface area contributed by atoms with Crippen molar-refractivity contribution in [2.45, 2.75) is 52.7 Å². The minimum absolute atomic E-state index is 0.487. The molecule has 48 heavy (non-hydrogen) atoms. The predicted molar refractivity (Wildman–Crippen MR) is 200 cm³/mol. The van der Waals surface area contributed by atoms with E-state index < -0.39 is 0 Å². The van der Waals surface area contributed by atoms with Crippen LogP contribution in [-0.4, -0.2) is 24.8 Å². The van der Waals surface area contributed by atoms with Gasteiger partial charge in [-0.3, -0.25) is 0 Å². The van der Waals surface area contributed by atoms with Gasteiger partial charge in [-0.15, -0.1) is 0 Å². The molecule has 5 rings (SSSR count). The lowest BCUT2D eigenvalue weighted by Gasteiger charge is -2.11. The zero-order chi connectivity index (χ0) is 33.2. The lowest BCUT2D eigenvalue weighted by molar-refractivity contribution is 0.302. The van der Waals surface area contributed by atoms with Gasteiger partial charge in [-0.2, -0.15) is 0 Å². The fourth-order valence-electron chi connectivity index (χ4n) is 5.05. The molecule has 0 saturated heterocycles. The minimum Gasteiger partial charge on any atom is -0.489 e. The molecular weight excluding hydrogens is 588 g/mol. The number of benzene rings is 5. The summed E-state index contributed by atoms with van der Waals surface area (Å²) >= 11 is 0. The fraction of sp³-hybridized carbons (Fsp3) is 0.227. The van der Waals surface area contributed by atoms with Crippen LogP contribution in [0.5, 0.6) is 11.5 Å². The summed E-state index contributed by atoms with van der Waals surface area (Å²) in [5.74, 6) is 8.24. The van der Waals surface area contributed by atoms with E-state index in [4.69, 9.17) is 9.47 Å². The number of rotatable bonds is 16. The molecule has 0 atom stereocenters. The van der Waals surface area contributed by atoms with Crippen LogP contribution in [0, 0.1) is 0 Å². The Balaban J connectivity index is 1.15. The molecule has 0 aliphatic carbocycles. The first-order valence-electron chi connectivity index (χ1n) is 17.0. The van der Waals surface area contributed by atoms with E-state index in [-0.39, 0.29) is 0 Å². The molecule has 4 heteroatoms. The van der Waals surface area contributed by atoms with E-state index in [0.717, 1.165) is 94.8 Å². The largest absolute Gasteiger partial charge is 0.489 e. The molecule has 4 nitrogen and oxygen atoms in total. The van der Waals surface area contributed by atoms with Gasteiger partial charge in [0.2, 0.25) is 0 Å². The van der Waals surface area contributed by atoms with Crippen molar-refractivity contribution >= 4 is 22.9 Å². The number of ether oxygens (including phenoxy) is 2. The van der Waals surface area contributed by atoms with Crippen molar-refractivity contribution in [3.8, 4) is 11.5 Å². The van der Waals surface area contributed by atoms with Crippen molar-refractivity contribution < 1.29 is 9.47 Å². The van der Waals surface area contributed by atoms with Crippen LogP contribution in [0.3, 0.4) is 0 Å². The van der Waals surface area contributed by atoms with Crippen molar-refractivity contribution in [2.75, 3.05) is 13.1 Å². The lowest BCUT2D eigenvalue weighted by atomic mass is 9.99. The van der Waals surface area contributed by atoms with Crippen LogP contribution in [0.4, 0.5) is 0 Å². The molecule has 0 saturated carbocycles. The molecule has 242 valence electrons. The summed E-state index contributed by atoms with van der Waals surface area (Å²) in [6.45, 7) is 6.89. The standard InChI is InChI=1S/C44H44N2O2/c1-3-5-29-45-31-43(37-13-9-7-10-14-37)39-21-25-41(26-22-39)47-33-35-17-19-36(20-18-35)34-48-42-27-23-40(24-28-42)44(32-46-30-6-4-2)38-15-11-8-12-16-38/h7-28H,3-6,29-30,33-34H2,1-2H3. The molecule has 0 bridgehead atoms. The SMILES string of the molecule is CCCCN=C=C(c1ccccc1)c1ccc(OCc2ccc(COc3ccc(C(=C=NCCCC)c4ccccc4)cc3)cc2)cc1. The van der Waals surface area contributed by atoms with Crippen molar-refractivity contribution in [2.24, 2.45) is 9.98 Å². The highest BCUT2D eigenvalue weighted by Crippen LogP contribution is 2.25. The van der Waals surface area contributed by atoms with Gasteiger partial charge in [-0.25, -0.2) is 9.98 Å². The Labute approximate surface area is 285 Å². The molecule has 0 aliphatic rings. The van der Waals surface area contributed by atoms with E-state index in [0.29, 0.717) is 13.2 Å². The normalized spacial score (nSPS) is 10.4.